The van der Waals surface area contributed by atoms with Crippen molar-refractivity contribution in [2.75, 3.05) is 0 Å². The Hall–Kier alpha value is -6.78. The summed E-state index contributed by atoms with van der Waals surface area (Å²) in [6.45, 7) is 0. The van der Waals surface area contributed by atoms with Crippen molar-refractivity contribution in [3.8, 4) is 56.5 Å². The number of hydrogen-bond donors (Lipinski definition) is 0. The Kier molecular flexibility index (Phi) is 6.46. The van der Waals surface area contributed by atoms with Gasteiger partial charge in [-0.1, -0.05) is 152 Å². The van der Waals surface area contributed by atoms with E-state index in [1.54, 1.807) is 0 Å². The van der Waals surface area contributed by atoms with Crippen LogP contribution in [0.5, 0.6) is 0 Å². The van der Waals surface area contributed by atoms with E-state index in [0.717, 1.165) is 55.8 Å². The quantitative estimate of drug-likeness (QED) is 0.176. The van der Waals surface area contributed by atoms with Crippen LogP contribution in [-0.2, 0) is 0 Å². The molecule has 2 heterocycles. The highest BCUT2D eigenvalue weighted by Gasteiger charge is 2.18. The Morgan fingerprint density at radius 1 is 0.320 bits per heavy atom. The molecule has 0 fully saturated rings. The number of hydrogen-bond acceptors (Lipinski definition) is 4. The molecule has 0 spiro atoms. The minimum atomic E-state index is 0.688. The highest BCUT2D eigenvalue weighted by atomic mass is 14.9. The predicted molar refractivity (Wildman–Crippen MR) is 206 cm³/mol. The monoisotopic (exact) mass is 636 g/mol. The molecular formula is C46H28N4. The first-order valence-electron chi connectivity index (χ1n) is 16.8. The molecule has 4 heteroatoms. The fourth-order valence-electron chi connectivity index (χ4n) is 7.23. The van der Waals surface area contributed by atoms with Crippen LogP contribution in [0.4, 0.5) is 0 Å². The first kappa shape index (κ1) is 28.3. The number of rotatable bonds is 5. The molecule has 0 atom stereocenters. The van der Waals surface area contributed by atoms with Gasteiger partial charge in [0.25, 0.3) is 0 Å². The summed E-state index contributed by atoms with van der Waals surface area (Å²) in [7, 11) is 0. The molecule has 0 saturated carbocycles. The average Bonchev–Trinajstić information content (AvgIpc) is 3.20. The van der Waals surface area contributed by atoms with E-state index in [0.29, 0.717) is 11.6 Å². The third-order valence-electron chi connectivity index (χ3n) is 9.63. The van der Waals surface area contributed by atoms with Gasteiger partial charge in [0.1, 0.15) is 0 Å². The van der Waals surface area contributed by atoms with E-state index in [1.165, 1.54) is 32.3 Å². The Morgan fingerprint density at radius 3 is 1.62 bits per heavy atom. The number of para-hydroxylation sites is 1. The Morgan fingerprint density at radius 2 is 0.860 bits per heavy atom. The smallest absolute Gasteiger partial charge is 0.160 e. The van der Waals surface area contributed by atoms with Gasteiger partial charge in [0.2, 0.25) is 0 Å². The second kappa shape index (κ2) is 11.4. The van der Waals surface area contributed by atoms with Crippen LogP contribution in [0.15, 0.2) is 170 Å². The van der Waals surface area contributed by atoms with Crippen LogP contribution in [0.25, 0.3) is 99.8 Å². The lowest BCUT2D eigenvalue weighted by atomic mass is 9.89. The second-order valence-electron chi connectivity index (χ2n) is 12.7. The van der Waals surface area contributed by atoms with Crippen LogP contribution in [-0.4, -0.2) is 19.9 Å². The third kappa shape index (κ3) is 4.69. The minimum absolute atomic E-state index is 0.688. The van der Waals surface area contributed by atoms with Gasteiger partial charge in [0, 0.05) is 33.2 Å². The normalized spacial score (nSPS) is 11.6. The summed E-state index contributed by atoms with van der Waals surface area (Å²) in [5.41, 5.74) is 8.67. The van der Waals surface area contributed by atoms with Crippen molar-refractivity contribution >= 4 is 43.2 Å². The maximum absolute atomic E-state index is 5.32. The molecule has 0 amide bonds. The first-order valence-corrected chi connectivity index (χ1v) is 16.8. The van der Waals surface area contributed by atoms with E-state index >= 15 is 0 Å². The maximum Gasteiger partial charge on any atom is 0.160 e. The summed E-state index contributed by atoms with van der Waals surface area (Å²) in [4.78, 5) is 20.4. The second-order valence-corrected chi connectivity index (χ2v) is 12.7. The first-order chi connectivity index (χ1) is 24.8. The molecule has 0 aliphatic rings. The van der Waals surface area contributed by atoms with Gasteiger partial charge in [-0.3, -0.25) is 0 Å². The lowest BCUT2D eigenvalue weighted by molar-refractivity contribution is 1.18. The highest BCUT2D eigenvalue weighted by molar-refractivity contribution is 6.26. The van der Waals surface area contributed by atoms with Gasteiger partial charge < -0.3 is 0 Å². The van der Waals surface area contributed by atoms with Crippen molar-refractivity contribution in [1.29, 1.82) is 0 Å². The fraction of sp³-hybridized carbons (Fsp3) is 0. The minimum Gasteiger partial charge on any atom is -0.228 e. The molecule has 10 aromatic rings. The molecule has 0 saturated heterocycles. The number of benzene rings is 8. The van der Waals surface area contributed by atoms with Crippen molar-refractivity contribution in [2.45, 2.75) is 0 Å². The molecule has 4 nitrogen and oxygen atoms in total. The zero-order valence-corrected chi connectivity index (χ0v) is 27.0. The lowest BCUT2D eigenvalue weighted by Crippen LogP contribution is -1.97. The van der Waals surface area contributed by atoms with Gasteiger partial charge in [0.15, 0.2) is 11.6 Å². The summed E-state index contributed by atoms with van der Waals surface area (Å²) >= 11 is 0. The summed E-state index contributed by atoms with van der Waals surface area (Å²) < 4.78 is 0. The van der Waals surface area contributed by atoms with Crippen molar-refractivity contribution in [3.63, 3.8) is 0 Å². The Bertz CT molecular complexity index is 2790. The van der Waals surface area contributed by atoms with E-state index in [4.69, 9.17) is 19.9 Å². The van der Waals surface area contributed by atoms with Gasteiger partial charge in [-0.25, -0.2) is 19.9 Å². The van der Waals surface area contributed by atoms with Gasteiger partial charge in [-0.2, -0.15) is 0 Å². The van der Waals surface area contributed by atoms with E-state index in [-0.39, 0.29) is 0 Å². The van der Waals surface area contributed by atoms with Crippen LogP contribution >= 0.6 is 0 Å². The van der Waals surface area contributed by atoms with Crippen molar-refractivity contribution in [1.82, 2.24) is 19.9 Å². The maximum atomic E-state index is 5.32. The molecule has 0 aliphatic carbocycles. The molecule has 0 radical (unpaired) electrons. The summed E-state index contributed by atoms with van der Waals surface area (Å²) in [6.07, 6.45) is 0. The summed E-state index contributed by atoms with van der Waals surface area (Å²) in [5, 5.41) is 8.51. The molecular weight excluding hydrogens is 609 g/mol. The zero-order chi connectivity index (χ0) is 33.0. The van der Waals surface area contributed by atoms with E-state index in [2.05, 4.69) is 115 Å². The van der Waals surface area contributed by atoms with Gasteiger partial charge in [0.05, 0.1) is 22.6 Å². The predicted octanol–water partition coefficient (Wildman–Crippen LogP) is 11.7. The van der Waals surface area contributed by atoms with Crippen molar-refractivity contribution < 1.29 is 0 Å². The molecule has 8 aromatic carbocycles. The summed E-state index contributed by atoms with van der Waals surface area (Å²) in [5.74, 6) is 1.38. The topological polar surface area (TPSA) is 51.6 Å². The van der Waals surface area contributed by atoms with Crippen LogP contribution in [0.1, 0.15) is 0 Å². The fourth-order valence-corrected chi connectivity index (χ4v) is 7.23. The Labute approximate surface area is 288 Å². The largest absolute Gasteiger partial charge is 0.228 e. The highest BCUT2D eigenvalue weighted by Crippen LogP contribution is 2.42. The SMILES string of the molecule is c1ccc(-c2cc(-c3ccc(-c4nc(-c5cc6cccc7ccc8cccc5c8c76)c5ccccc5n4)cc3)nc(-c3ccccc3)n2)cc1. The van der Waals surface area contributed by atoms with Crippen LogP contribution in [0.3, 0.4) is 0 Å². The van der Waals surface area contributed by atoms with E-state index < -0.39 is 0 Å². The third-order valence-corrected chi connectivity index (χ3v) is 9.63. The Balaban J connectivity index is 1.12. The van der Waals surface area contributed by atoms with Gasteiger partial charge >= 0.3 is 0 Å². The lowest BCUT2D eigenvalue weighted by Gasteiger charge is -2.16. The molecule has 50 heavy (non-hydrogen) atoms. The molecule has 232 valence electrons. The van der Waals surface area contributed by atoms with Gasteiger partial charge in [-0.05, 0) is 50.5 Å². The molecule has 2 aromatic heterocycles. The standard InChI is InChI=1S/C46H28N4/c1-3-11-29(12-4-1)40-28-41(49-45(48-40)33-13-5-2-6-14-33)30-21-25-34(26-22-30)46-47-39-20-8-7-18-37(39)44(50-46)38-27-35-17-9-15-31-23-24-32-16-10-19-36(38)43(32)42(31)35/h1-28H. The van der Waals surface area contributed by atoms with E-state index in [9.17, 15) is 0 Å². The van der Waals surface area contributed by atoms with Crippen LogP contribution in [0, 0.1) is 0 Å². The molecule has 10 rings (SSSR count). The molecule has 0 unspecified atom stereocenters. The van der Waals surface area contributed by atoms with Crippen molar-refractivity contribution in [2.24, 2.45) is 0 Å². The number of aromatic nitrogens is 4. The zero-order valence-electron chi connectivity index (χ0n) is 27.0. The molecule has 0 bridgehead atoms. The van der Waals surface area contributed by atoms with Crippen molar-refractivity contribution in [3.05, 3.63) is 170 Å². The molecule has 0 N–H and O–H groups in total. The van der Waals surface area contributed by atoms with Gasteiger partial charge in [-0.15, -0.1) is 0 Å². The number of nitrogens with zero attached hydrogens (tertiary/aromatic N) is 4. The summed E-state index contributed by atoms with van der Waals surface area (Å²) in [6, 6.07) is 59.1. The molecule has 0 aliphatic heterocycles. The van der Waals surface area contributed by atoms with E-state index in [1.807, 2.05) is 54.6 Å². The van der Waals surface area contributed by atoms with Crippen LogP contribution in [0.2, 0.25) is 0 Å². The van der Waals surface area contributed by atoms with Crippen LogP contribution < -0.4 is 0 Å². The number of fused-ring (bicyclic) bond motifs is 1. The average molecular weight is 637 g/mol.